The topological polar surface area (TPSA) is 57.6 Å². The van der Waals surface area contributed by atoms with Crippen LogP contribution >= 0.6 is 27.3 Å². The SMILES string of the molecule is Cc1cc(S(=O)(=O)N2C3CCC2CC(O)C3)sc1Br. The van der Waals surface area contributed by atoms with Crippen molar-refractivity contribution in [1.29, 1.82) is 0 Å². The number of sulfonamides is 1. The number of piperidine rings is 1. The maximum Gasteiger partial charge on any atom is 0.253 e. The van der Waals surface area contributed by atoms with Crippen LogP contribution in [0.5, 0.6) is 0 Å². The molecule has 106 valence electrons. The molecule has 0 radical (unpaired) electrons. The van der Waals surface area contributed by atoms with Gasteiger partial charge >= 0.3 is 0 Å². The molecule has 0 spiro atoms. The lowest BCUT2D eigenvalue weighted by molar-refractivity contribution is 0.0769. The molecule has 0 aliphatic carbocycles. The van der Waals surface area contributed by atoms with Crippen molar-refractivity contribution >= 4 is 37.3 Å². The summed E-state index contributed by atoms with van der Waals surface area (Å²) in [5, 5.41) is 9.77. The van der Waals surface area contributed by atoms with Crippen LogP contribution in [0, 0.1) is 6.92 Å². The van der Waals surface area contributed by atoms with E-state index in [1.807, 2.05) is 6.92 Å². The van der Waals surface area contributed by atoms with Gasteiger partial charge in [-0.15, -0.1) is 11.3 Å². The van der Waals surface area contributed by atoms with Gasteiger partial charge in [-0.3, -0.25) is 0 Å². The second-order valence-corrected chi connectivity index (χ2v) is 9.81. The van der Waals surface area contributed by atoms with E-state index in [9.17, 15) is 13.5 Å². The van der Waals surface area contributed by atoms with Crippen molar-refractivity contribution in [2.24, 2.45) is 0 Å². The average Bonchev–Trinajstić information content (AvgIpc) is 2.80. The summed E-state index contributed by atoms with van der Waals surface area (Å²) in [6.45, 7) is 1.90. The molecule has 2 atom stereocenters. The molecule has 2 aliphatic rings. The van der Waals surface area contributed by atoms with E-state index >= 15 is 0 Å². The van der Waals surface area contributed by atoms with Gasteiger partial charge in [0.25, 0.3) is 10.0 Å². The molecule has 2 saturated heterocycles. The third kappa shape index (κ3) is 2.29. The lowest BCUT2D eigenvalue weighted by atomic mass is 10.0. The summed E-state index contributed by atoms with van der Waals surface area (Å²) in [6, 6.07) is 1.68. The minimum atomic E-state index is -3.41. The summed E-state index contributed by atoms with van der Waals surface area (Å²) in [4.78, 5) is 0. The first-order valence-electron chi connectivity index (χ1n) is 6.37. The maximum absolute atomic E-state index is 12.8. The van der Waals surface area contributed by atoms with Crippen LogP contribution < -0.4 is 0 Å². The number of aliphatic hydroxyl groups excluding tert-OH is 1. The van der Waals surface area contributed by atoms with Gasteiger partial charge in [-0.05, 0) is 60.2 Å². The molecule has 3 rings (SSSR count). The Kier molecular flexibility index (Phi) is 3.54. The molecule has 7 heteroatoms. The monoisotopic (exact) mass is 365 g/mol. The first-order valence-corrected chi connectivity index (χ1v) is 9.42. The van der Waals surface area contributed by atoms with Crippen molar-refractivity contribution < 1.29 is 13.5 Å². The van der Waals surface area contributed by atoms with Crippen LogP contribution in [0.3, 0.4) is 0 Å². The van der Waals surface area contributed by atoms with E-state index in [0.29, 0.717) is 17.1 Å². The fourth-order valence-electron chi connectivity index (χ4n) is 3.16. The Balaban J connectivity index is 1.97. The van der Waals surface area contributed by atoms with Gasteiger partial charge in [0.05, 0.1) is 9.89 Å². The number of aliphatic hydroxyl groups is 1. The normalized spacial score (nSPS) is 31.8. The zero-order valence-electron chi connectivity index (χ0n) is 10.5. The van der Waals surface area contributed by atoms with Crippen molar-refractivity contribution in [3.63, 3.8) is 0 Å². The Labute approximate surface area is 125 Å². The molecule has 0 saturated carbocycles. The Morgan fingerprint density at radius 1 is 1.37 bits per heavy atom. The van der Waals surface area contributed by atoms with Gasteiger partial charge < -0.3 is 5.11 Å². The van der Waals surface area contributed by atoms with Crippen LogP contribution in [-0.2, 0) is 10.0 Å². The fourth-order valence-corrected chi connectivity index (χ4v) is 7.38. The molecule has 0 aromatic carbocycles. The van der Waals surface area contributed by atoms with Gasteiger partial charge in [0.1, 0.15) is 4.21 Å². The van der Waals surface area contributed by atoms with E-state index in [-0.39, 0.29) is 18.2 Å². The van der Waals surface area contributed by atoms with Gasteiger partial charge in [-0.25, -0.2) is 8.42 Å². The molecule has 0 amide bonds. The Morgan fingerprint density at radius 3 is 2.42 bits per heavy atom. The van der Waals surface area contributed by atoms with Crippen molar-refractivity contribution in [2.45, 2.75) is 55.0 Å². The highest BCUT2D eigenvalue weighted by atomic mass is 79.9. The third-order valence-electron chi connectivity index (χ3n) is 4.01. The van der Waals surface area contributed by atoms with E-state index in [1.54, 1.807) is 10.4 Å². The second kappa shape index (κ2) is 4.80. The molecule has 2 bridgehead atoms. The summed E-state index contributed by atoms with van der Waals surface area (Å²) >= 11 is 4.66. The molecule has 2 aliphatic heterocycles. The van der Waals surface area contributed by atoms with Crippen LogP contribution in [0.2, 0.25) is 0 Å². The molecule has 2 fully saturated rings. The predicted octanol–water partition coefficient (Wildman–Crippen LogP) is 2.50. The van der Waals surface area contributed by atoms with Gasteiger partial charge in [-0.2, -0.15) is 4.31 Å². The molecule has 2 unspecified atom stereocenters. The molecule has 1 aromatic heterocycles. The predicted molar refractivity (Wildman–Crippen MR) is 77.8 cm³/mol. The van der Waals surface area contributed by atoms with Gasteiger partial charge in [0, 0.05) is 12.1 Å². The van der Waals surface area contributed by atoms with Crippen LogP contribution in [0.4, 0.5) is 0 Å². The standard InChI is InChI=1S/C12H16BrNO3S2/c1-7-4-11(18-12(7)13)19(16,17)14-8-2-3-9(14)6-10(15)5-8/h4,8-10,15H,2-3,5-6H2,1H3. The van der Waals surface area contributed by atoms with E-state index in [2.05, 4.69) is 15.9 Å². The maximum atomic E-state index is 12.8. The zero-order chi connectivity index (χ0) is 13.8. The van der Waals surface area contributed by atoms with E-state index < -0.39 is 10.0 Å². The molecular formula is C12H16BrNO3S2. The van der Waals surface area contributed by atoms with Crippen molar-refractivity contribution in [3.8, 4) is 0 Å². The Morgan fingerprint density at radius 2 is 1.95 bits per heavy atom. The summed E-state index contributed by atoms with van der Waals surface area (Å²) < 4.78 is 28.4. The molecule has 1 aromatic rings. The lowest BCUT2D eigenvalue weighted by Gasteiger charge is -2.35. The summed E-state index contributed by atoms with van der Waals surface area (Å²) in [6.07, 6.45) is 2.53. The first-order chi connectivity index (χ1) is 8.89. The van der Waals surface area contributed by atoms with Crippen molar-refractivity contribution in [2.75, 3.05) is 0 Å². The number of thiophene rings is 1. The van der Waals surface area contributed by atoms with Crippen LogP contribution in [0.25, 0.3) is 0 Å². The summed E-state index contributed by atoms with van der Waals surface area (Å²) in [5.74, 6) is 0. The average molecular weight is 366 g/mol. The number of nitrogens with zero attached hydrogens (tertiary/aromatic N) is 1. The first kappa shape index (κ1) is 14.0. The zero-order valence-corrected chi connectivity index (χ0v) is 13.8. The lowest BCUT2D eigenvalue weighted by Crippen LogP contribution is -2.47. The summed E-state index contributed by atoms with van der Waals surface area (Å²) in [7, 11) is -3.41. The van der Waals surface area contributed by atoms with Crippen LogP contribution in [0.15, 0.2) is 14.1 Å². The van der Waals surface area contributed by atoms with Crippen LogP contribution in [-0.4, -0.2) is 36.0 Å². The fraction of sp³-hybridized carbons (Fsp3) is 0.667. The number of rotatable bonds is 2. The number of hydrogen-bond donors (Lipinski definition) is 1. The number of halogens is 1. The van der Waals surface area contributed by atoms with Gasteiger partial charge in [0.15, 0.2) is 0 Å². The highest BCUT2D eigenvalue weighted by Crippen LogP contribution is 2.42. The summed E-state index contributed by atoms with van der Waals surface area (Å²) in [5.41, 5.74) is 0.952. The minimum absolute atomic E-state index is 0.0278. The van der Waals surface area contributed by atoms with Gasteiger partial charge in [0.2, 0.25) is 0 Å². The van der Waals surface area contributed by atoms with E-state index in [1.165, 1.54) is 11.3 Å². The number of fused-ring (bicyclic) bond motifs is 2. The quantitative estimate of drug-likeness (QED) is 0.875. The Hall–Kier alpha value is 0.0500. The van der Waals surface area contributed by atoms with Crippen LogP contribution in [0.1, 0.15) is 31.2 Å². The third-order valence-corrected chi connectivity index (χ3v) is 8.60. The van der Waals surface area contributed by atoms with E-state index in [4.69, 9.17) is 0 Å². The minimum Gasteiger partial charge on any atom is -0.393 e. The van der Waals surface area contributed by atoms with Crippen molar-refractivity contribution in [3.05, 3.63) is 15.4 Å². The smallest absolute Gasteiger partial charge is 0.253 e. The molecular weight excluding hydrogens is 350 g/mol. The Bertz CT molecular complexity index is 565. The largest absolute Gasteiger partial charge is 0.393 e. The highest BCUT2D eigenvalue weighted by molar-refractivity contribution is 9.11. The van der Waals surface area contributed by atoms with E-state index in [0.717, 1.165) is 22.2 Å². The second-order valence-electron chi connectivity index (χ2n) is 5.37. The van der Waals surface area contributed by atoms with Crippen molar-refractivity contribution in [1.82, 2.24) is 4.31 Å². The molecule has 1 N–H and O–H groups in total. The molecule has 19 heavy (non-hydrogen) atoms. The molecule has 3 heterocycles. The molecule has 4 nitrogen and oxygen atoms in total. The number of hydrogen-bond acceptors (Lipinski definition) is 4. The van der Waals surface area contributed by atoms with Gasteiger partial charge in [-0.1, -0.05) is 0 Å². The number of aryl methyl sites for hydroxylation is 1. The highest BCUT2D eigenvalue weighted by Gasteiger charge is 2.47.